The number of hydrogen-bond donors (Lipinski definition) is 0. The summed E-state index contributed by atoms with van der Waals surface area (Å²) in [6.45, 7) is 5.68. The van der Waals surface area contributed by atoms with Crippen LogP contribution in [0, 0.1) is 5.41 Å². The number of para-hydroxylation sites is 1. The number of rotatable bonds is 2. The third-order valence-electron chi connectivity index (χ3n) is 2.82. The molecule has 0 saturated heterocycles. The van der Waals surface area contributed by atoms with E-state index in [9.17, 15) is 4.79 Å². The molecule has 0 aliphatic rings. The fourth-order valence-corrected chi connectivity index (χ4v) is 1.80. The third kappa shape index (κ3) is 2.21. The Hall–Kier alpha value is -1.90. The highest BCUT2D eigenvalue weighted by atomic mass is 16.5. The lowest BCUT2D eigenvalue weighted by atomic mass is 9.88. The maximum atomic E-state index is 12.2. The number of carbonyl (C=O) groups excluding carboxylic acids is 1. The van der Waals surface area contributed by atoms with Crippen molar-refractivity contribution >= 4 is 16.7 Å². The van der Waals surface area contributed by atoms with Crippen LogP contribution in [0.1, 0.15) is 31.3 Å². The summed E-state index contributed by atoms with van der Waals surface area (Å²) in [5.74, 6) is 0.728. The van der Waals surface area contributed by atoms with E-state index in [1.165, 1.54) is 0 Å². The van der Waals surface area contributed by atoms with Crippen LogP contribution in [0.15, 0.2) is 30.3 Å². The molecule has 2 aromatic rings. The lowest BCUT2D eigenvalue weighted by molar-refractivity contribution is 0.0853. The Kier molecular flexibility index (Phi) is 3.07. The summed E-state index contributed by atoms with van der Waals surface area (Å²) in [5.41, 5.74) is 0.789. The van der Waals surface area contributed by atoms with Gasteiger partial charge in [0.15, 0.2) is 5.78 Å². The molecule has 0 bridgehead atoms. The van der Waals surface area contributed by atoms with E-state index < -0.39 is 5.41 Å². The second kappa shape index (κ2) is 4.41. The Morgan fingerprint density at radius 3 is 2.50 bits per heavy atom. The SMILES string of the molecule is COc1cccc2ccc(C(=O)C(C)(C)C)nc12. The van der Waals surface area contributed by atoms with Crippen LogP contribution in [0.5, 0.6) is 5.75 Å². The third-order valence-corrected chi connectivity index (χ3v) is 2.82. The van der Waals surface area contributed by atoms with Gasteiger partial charge in [-0.3, -0.25) is 4.79 Å². The molecule has 3 heteroatoms. The van der Waals surface area contributed by atoms with Gasteiger partial charge in [-0.1, -0.05) is 39.0 Å². The monoisotopic (exact) mass is 243 g/mol. The Morgan fingerprint density at radius 2 is 1.89 bits per heavy atom. The first-order valence-electron chi connectivity index (χ1n) is 5.92. The number of ether oxygens (including phenoxy) is 1. The number of ketones is 1. The van der Waals surface area contributed by atoms with E-state index in [1.807, 2.05) is 45.0 Å². The number of hydrogen-bond acceptors (Lipinski definition) is 3. The fraction of sp³-hybridized carbons (Fsp3) is 0.333. The van der Waals surface area contributed by atoms with Gasteiger partial charge in [0.25, 0.3) is 0 Å². The van der Waals surface area contributed by atoms with E-state index in [4.69, 9.17) is 4.74 Å². The van der Waals surface area contributed by atoms with E-state index in [1.54, 1.807) is 13.2 Å². The second-order valence-electron chi connectivity index (χ2n) is 5.31. The van der Waals surface area contributed by atoms with Crippen molar-refractivity contribution in [3.8, 4) is 5.75 Å². The molecule has 2 rings (SSSR count). The number of methoxy groups -OCH3 is 1. The molecule has 1 heterocycles. The van der Waals surface area contributed by atoms with Gasteiger partial charge in [-0.05, 0) is 12.1 Å². The smallest absolute Gasteiger partial charge is 0.186 e. The molecule has 0 radical (unpaired) electrons. The minimum absolute atomic E-state index is 0.0373. The van der Waals surface area contributed by atoms with Crippen LogP contribution in [0.2, 0.25) is 0 Å². The van der Waals surface area contributed by atoms with Gasteiger partial charge >= 0.3 is 0 Å². The number of carbonyl (C=O) groups is 1. The van der Waals surface area contributed by atoms with E-state index in [0.717, 1.165) is 10.9 Å². The second-order valence-corrected chi connectivity index (χ2v) is 5.31. The molecule has 18 heavy (non-hydrogen) atoms. The van der Waals surface area contributed by atoms with Gasteiger partial charge in [0.2, 0.25) is 0 Å². The first kappa shape index (κ1) is 12.6. The minimum Gasteiger partial charge on any atom is -0.494 e. The van der Waals surface area contributed by atoms with Crippen LogP contribution in [0.25, 0.3) is 10.9 Å². The van der Waals surface area contributed by atoms with E-state index in [-0.39, 0.29) is 5.78 Å². The molecular formula is C15H17NO2. The van der Waals surface area contributed by atoms with Crippen LogP contribution < -0.4 is 4.74 Å². The number of aromatic nitrogens is 1. The summed E-state index contributed by atoms with van der Waals surface area (Å²) in [4.78, 5) is 16.6. The lowest BCUT2D eigenvalue weighted by Crippen LogP contribution is -2.21. The van der Waals surface area contributed by atoms with Crippen molar-refractivity contribution in [1.29, 1.82) is 0 Å². The van der Waals surface area contributed by atoms with Crippen LogP contribution in [0.4, 0.5) is 0 Å². The van der Waals surface area contributed by atoms with Gasteiger partial charge in [0.05, 0.1) is 7.11 Å². The zero-order valence-corrected chi connectivity index (χ0v) is 11.2. The van der Waals surface area contributed by atoms with Crippen molar-refractivity contribution in [1.82, 2.24) is 4.98 Å². The highest BCUT2D eigenvalue weighted by Crippen LogP contribution is 2.26. The molecule has 0 unspecified atom stereocenters. The number of benzene rings is 1. The average Bonchev–Trinajstić information content (AvgIpc) is 2.35. The van der Waals surface area contributed by atoms with Crippen molar-refractivity contribution in [3.05, 3.63) is 36.0 Å². The van der Waals surface area contributed by atoms with Gasteiger partial charge in [-0.15, -0.1) is 0 Å². The van der Waals surface area contributed by atoms with E-state index in [0.29, 0.717) is 11.4 Å². The maximum Gasteiger partial charge on any atom is 0.186 e. The molecule has 1 aromatic carbocycles. The Bertz CT molecular complexity index is 597. The van der Waals surface area contributed by atoms with Crippen LogP contribution in [0.3, 0.4) is 0 Å². The summed E-state index contributed by atoms with van der Waals surface area (Å²) in [5, 5.41) is 0.972. The molecule has 3 nitrogen and oxygen atoms in total. The van der Waals surface area contributed by atoms with Crippen molar-refractivity contribution < 1.29 is 9.53 Å². The summed E-state index contributed by atoms with van der Waals surface area (Å²) in [6, 6.07) is 9.39. The van der Waals surface area contributed by atoms with Gasteiger partial charge < -0.3 is 4.74 Å². The highest BCUT2D eigenvalue weighted by Gasteiger charge is 2.24. The minimum atomic E-state index is -0.428. The molecule has 0 saturated carbocycles. The summed E-state index contributed by atoms with van der Waals surface area (Å²) < 4.78 is 5.27. The molecule has 0 N–H and O–H groups in total. The van der Waals surface area contributed by atoms with E-state index >= 15 is 0 Å². The van der Waals surface area contributed by atoms with Crippen LogP contribution in [-0.4, -0.2) is 17.9 Å². The molecule has 0 atom stereocenters. The standard InChI is InChI=1S/C15H17NO2/c1-15(2,3)14(17)11-9-8-10-6-5-7-12(18-4)13(10)16-11/h5-9H,1-4H3. The normalized spacial score (nSPS) is 11.6. The molecule has 0 fully saturated rings. The highest BCUT2D eigenvalue weighted by molar-refractivity contribution is 6.00. The zero-order valence-electron chi connectivity index (χ0n) is 11.2. The van der Waals surface area contributed by atoms with Crippen molar-refractivity contribution in [2.75, 3.05) is 7.11 Å². The van der Waals surface area contributed by atoms with Crippen molar-refractivity contribution in [2.45, 2.75) is 20.8 Å². The predicted molar refractivity (Wildman–Crippen MR) is 72.1 cm³/mol. The molecular weight excluding hydrogens is 226 g/mol. The molecule has 1 aromatic heterocycles. The summed E-state index contributed by atoms with van der Waals surface area (Å²) >= 11 is 0. The predicted octanol–water partition coefficient (Wildman–Crippen LogP) is 3.47. The maximum absolute atomic E-state index is 12.2. The summed E-state index contributed by atoms with van der Waals surface area (Å²) in [6.07, 6.45) is 0. The Balaban J connectivity index is 2.60. The number of nitrogens with zero attached hydrogens (tertiary/aromatic N) is 1. The topological polar surface area (TPSA) is 39.2 Å². The van der Waals surface area contributed by atoms with E-state index in [2.05, 4.69) is 4.98 Å². The molecule has 0 spiro atoms. The first-order valence-corrected chi connectivity index (χ1v) is 5.92. The van der Waals surface area contributed by atoms with Gasteiger partial charge in [0, 0.05) is 10.8 Å². The van der Waals surface area contributed by atoms with Gasteiger partial charge in [-0.25, -0.2) is 4.98 Å². The van der Waals surface area contributed by atoms with Gasteiger partial charge in [-0.2, -0.15) is 0 Å². The molecule has 0 amide bonds. The van der Waals surface area contributed by atoms with Crippen molar-refractivity contribution in [2.24, 2.45) is 5.41 Å². The van der Waals surface area contributed by atoms with Crippen LogP contribution in [-0.2, 0) is 0 Å². The first-order chi connectivity index (χ1) is 8.43. The number of Topliss-reactive ketones (excluding diaryl/α,β-unsaturated/α-hetero) is 1. The Morgan fingerprint density at radius 1 is 1.17 bits per heavy atom. The largest absolute Gasteiger partial charge is 0.494 e. The summed E-state index contributed by atoms with van der Waals surface area (Å²) in [7, 11) is 1.61. The quantitative estimate of drug-likeness (QED) is 0.758. The zero-order chi connectivity index (χ0) is 13.3. The van der Waals surface area contributed by atoms with Crippen LogP contribution >= 0.6 is 0 Å². The number of fused-ring (bicyclic) bond motifs is 1. The van der Waals surface area contributed by atoms with Crippen molar-refractivity contribution in [3.63, 3.8) is 0 Å². The number of pyridine rings is 1. The Labute approximate surface area is 107 Å². The average molecular weight is 243 g/mol. The molecule has 94 valence electrons. The fourth-order valence-electron chi connectivity index (χ4n) is 1.80. The van der Waals surface area contributed by atoms with Gasteiger partial charge in [0.1, 0.15) is 17.0 Å². The molecule has 0 aliphatic heterocycles. The lowest BCUT2D eigenvalue weighted by Gasteiger charge is -2.16. The molecule has 0 aliphatic carbocycles.